The number of esters is 1. The van der Waals surface area contributed by atoms with Crippen molar-refractivity contribution in [3.05, 3.63) is 35.9 Å². The van der Waals surface area contributed by atoms with E-state index in [2.05, 4.69) is 39.4 Å². The van der Waals surface area contributed by atoms with Gasteiger partial charge in [0.25, 0.3) is 0 Å². The van der Waals surface area contributed by atoms with Crippen LogP contribution in [0.4, 0.5) is 4.79 Å². The maximum Gasteiger partial charge on any atom is 0.408 e. The number of nitrogens with zero attached hydrogens (tertiary/aromatic N) is 1. The minimum atomic E-state index is -1.24. The molecule has 0 radical (unpaired) electrons. The first kappa shape index (κ1) is 27.1. The third-order valence-electron chi connectivity index (χ3n) is 6.28. The molecule has 2 rings (SSSR count). The third-order valence-corrected chi connectivity index (χ3v) is 6.28. The highest BCUT2D eigenvalue weighted by Crippen LogP contribution is 2.31. The number of benzene rings is 1. The summed E-state index contributed by atoms with van der Waals surface area (Å²) in [6.45, 7) is 9.79. The Labute approximate surface area is 200 Å². The predicted molar refractivity (Wildman–Crippen MR) is 126 cm³/mol. The maximum absolute atomic E-state index is 13.1. The summed E-state index contributed by atoms with van der Waals surface area (Å²) in [6.07, 6.45) is 0.106. The molecule has 1 fully saturated rings. The first-order chi connectivity index (χ1) is 15.9. The minimum Gasteiger partial charge on any atom is -0.467 e. The molecule has 0 spiro atoms. The Morgan fingerprint density at radius 2 is 1.68 bits per heavy atom. The van der Waals surface area contributed by atoms with Crippen LogP contribution in [0.1, 0.15) is 46.6 Å². The van der Waals surface area contributed by atoms with Crippen LogP contribution in [0.2, 0.25) is 0 Å². The molecular weight excluding hydrogens is 440 g/mol. The van der Waals surface area contributed by atoms with Gasteiger partial charge >= 0.3 is 12.1 Å². The second-order valence-corrected chi connectivity index (χ2v) is 9.24. The zero-order chi connectivity index (χ0) is 25.5. The van der Waals surface area contributed by atoms with Crippen molar-refractivity contribution in [2.75, 3.05) is 20.2 Å². The van der Waals surface area contributed by atoms with Crippen molar-refractivity contribution in [3.8, 4) is 0 Å². The quantitative estimate of drug-likeness (QED) is 0.435. The van der Waals surface area contributed by atoms with E-state index in [-0.39, 0.29) is 25.2 Å². The normalized spacial score (nSPS) is 16.9. The lowest BCUT2D eigenvalue weighted by Crippen LogP contribution is -2.80. The van der Waals surface area contributed by atoms with Crippen LogP contribution < -0.4 is 16.0 Å². The van der Waals surface area contributed by atoms with Crippen LogP contribution in [0, 0.1) is 0 Å². The Morgan fingerprint density at radius 3 is 2.24 bits per heavy atom. The highest BCUT2D eigenvalue weighted by molar-refractivity contribution is 5.97. The number of hydrogen-bond acceptors (Lipinski definition) is 7. The molecule has 0 saturated carbocycles. The first-order valence-corrected chi connectivity index (χ1v) is 11.4. The molecule has 188 valence electrons. The lowest BCUT2D eigenvalue weighted by Gasteiger charge is -2.55. The Kier molecular flexibility index (Phi) is 9.03. The number of hydrogen-bond donors (Lipinski definition) is 3. The van der Waals surface area contributed by atoms with E-state index >= 15 is 0 Å². The smallest absolute Gasteiger partial charge is 0.408 e. The van der Waals surface area contributed by atoms with E-state index in [0.717, 1.165) is 12.0 Å². The molecule has 10 heteroatoms. The van der Waals surface area contributed by atoms with E-state index in [1.54, 1.807) is 0 Å². The Bertz CT molecular complexity index is 883. The molecule has 0 bridgehead atoms. The Balaban J connectivity index is 2.02. The fourth-order valence-electron chi connectivity index (χ4n) is 3.46. The molecule has 1 aromatic carbocycles. The molecule has 0 aromatic heterocycles. The largest absolute Gasteiger partial charge is 0.467 e. The Hall–Kier alpha value is -3.14. The van der Waals surface area contributed by atoms with Crippen molar-refractivity contribution in [1.29, 1.82) is 0 Å². The zero-order valence-corrected chi connectivity index (χ0v) is 20.8. The summed E-state index contributed by atoms with van der Waals surface area (Å²) in [5.41, 5.74) is -0.596. The van der Waals surface area contributed by atoms with Crippen molar-refractivity contribution in [1.82, 2.24) is 20.9 Å². The van der Waals surface area contributed by atoms with Gasteiger partial charge < -0.3 is 25.4 Å². The molecule has 1 aliphatic heterocycles. The van der Waals surface area contributed by atoms with Gasteiger partial charge in [0.1, 0.15) is 24.2 Å². The monoisotopic (exact) mass is 476 g/mol. The predicted octanol–water partition coefficient (Wildman–Crippen LogP) is 1.34. The van der Waals surface area contributed by atoms with Crippen LogP contribution in [-0.4, -0.2) is 72.1 Å². The van der Waals surface area contributed by atoms with Gasteiger partial charge in [-0.1, -0.05) is 37.3 Å². The van der Waals surface area contributed by atoms with Crippen molar-refractivity contribution in [3.63, 3.8) is 0 Å². The number of rotatable bonds is 10. The SMILES string of the molecule is CCC(C)(C)N1CC(NC(=O)[C@H](C)NC(=O)OCc2ccccc2)(C(=O)N[C@@H](C)C(=O)OC)C1. The summed E-state index contributed by atoms with van der Waals surface area (Å²) in [6, 6.07) is 7.35. The maximum atomic E-state index is 13.1. The molecule has 0 unspecified atom stereocenters. The number of carbonyl (C=O) groups is 4. The summed E-state index contributed by atoms with van der Waals surface area (Å²) in [5, 5.41) is 7.89. The minimum absolute atomic E-state index is 0.0693. The summed E-state index contributed by atoms with van der Waals surface area (Å²) in [5.74, 6) is -1.61. The van der Waals surface area contributed by atoms with Gasteiger partial charge in [-0.15, -0.1) is 0 Å². The molecule has 10 nitrogen and oxygen atoms in total. The van der Waals surface area contributed by atoms with E-state index in [0.29, 0.717) is 0 Å². The van der Waals surface area contributed by atoms with E-state index in [1.165, 1.54) is 21.0 Å². The topological polar surface area (TPSA) is 126 Å². The number of alkyl carbamates (subject to hydrolysis) is 1. The fourth-order valence-corrected chi connectivity index (χ4v) is 3.46. The Morgan fingerprint density at radius 1 is 1.06 bits per heavy atom. The second-order valence-electron chi connectivity index (χ2n) is 9.24. The van der Waals surface area contributed by atoms with Gasteiger partial charge in [-0.05, 0) is 39.7 Å². The van der Waals surface area contributed by atoms with Crippen LogP contribution in [-0.2, 0) is 30.5 Å². The van der Waals surface area contributed by atoms with Gasteiger partial charge in [-0.3, -0.25) is 14.5 Å². The summed E-state index contributed by atoms with van der Waals surface area (Å²) in [7, 11) is 1.24. The molecule has 3 amide bonds. The van der Waals surface area contributed by atoms with E-state index in [4.69, 9.17) is 4.74 Å². The highest BCUT2D eigenvalue weighted by Gasteiger charge is 2.54. The van der Waals surface area contributed by atoms with Crippen LogP contribution in [0.25, 0.3) is 0 Å². The molecular formula is C24H36N4O6. The number of likely N-dealkylation sites (tertiary alicyclic amines) is 1. The third kappa shape index (κ3) is 6.69. The second kappa shape index (κ2) is 11.3. The van der Waals surface area contributed by atoms with E-state index < -0.39 is 41.5 Å². The number of ether oxygens (including phenoxy) is 2. The van der Waals surface area contributed by atoms with Gasteiger partial charge in [-0.2, -0.15) is 0 Å². The van der Waals surface area contributed by atoms with Gasteiger partial charge in [-0.25, -0.2) is 9.59 Å². The summed E-state index contributed by atoms with van der Waals surface area (Å²) in [4.78, 5) is 52.0. The lowest BCUT2D eigenvalue weighted by atomic mass is 9.82. The van der Waals surface area contributed by atoms with Gasteiger partial charge in [0.05, 0.1) is 7.11 Å². The fraction of sp³-hybridized carbons (Fsp3) is 0.583. The molecule has 3 N–H and O–H groups in total. The van der Waals surface area contributed by atoms with E-state index in [9.17, 15) is 19.2 Å². The standard InChI is InChI=1S/C24H36N4O6/c1-7-23(4,5)28-14-24(15-28,21(31)25-17(3)20(30)33-6)27-19(29)16(2)26-22(32)34-13-18-11-9-8-10-12-18/h8-12,16-17H,7,13-15H2,1-6H3,(H,25,31)(H,26,32)(H,27,29)/t16-,17-/m0/s1. The average Bonchev–Trinajstić information content (AvgIpc) is 2.79. The summed E-state index contributed by atoms with van der Waals surface area (Å²) < 4.78 is 9.84. The van der Waals surface area contributed by atoms with Gasteiger partial charge in [0.15, 0.2) is 0 Å². The molecule has 1 aliphatic rings. The zero-order valence-electron chi connectivity index (χ0n) is 20.8. The highest BCUT2D eigenvalue weighted by atomic mass is 16.5. The van der Waals surface area contributed by atoms with Crippen LogP contribution in [0.15, 0.2) is 30.3 Å². The number of carbonyl (C=O) groups excluding carboxylic acids is 4. The van der Waals surface area contributed by atoms with Crippen molar-refractivity contribution >= 4 is 23.9 Å². The van der Waals surface area contributed by atoms with Crippen molar-refractivity contribution in [2.45, 2.75) is 70.8 Å². The number of methoxy groups -OCH3 is 1. The number of amides is 3. The summed E-state index contributed by atoms with van der Waals surface area (Å²) >= 11 is 0. The van der Waals surface area contributed by atoms with Crippen molar-refractivity contribution < 1.29 is 28.7 Å². The molecule has 1 saturated heterocycles. The first-order valence-electron chi connectivity index (χ1n) is 11.4. The van der Waals surface area contributed by atoms with Gasteiger partial charge in [0.2, 0.25) is 11.8 Å². The molecule has 1 aromatic rings. The van der Waals surface area contributed by atoms with E-state index in [1.807, 2.05) is 37.3 Å². The van der Waals surface area contributed by atoms with Crippen LogP contribution in [0.3, 0.4) is 0 Å². The molecule has 2 atom stereocenters. The van der Waals surface area contributed by atoms with Crippen molar-refractivity contribution in [2.24, 2.45) is 0 Å². The van der Waals surface area contributed by atoms with Crippen LogP contribution in [0.5, 0.6) is 0 Å². The molecule has 1 heterocycles. The molecule has 34 heavy (non-hydrogen) atoms. The lowest BCUT2D eigenvalue weighted by molar-refractivity contribution is -0.151. The number of nitrogens with one attached hydrogen (secondary N) is 3. The molecule has 0 aliphatic carbocycles. The van der Waals surface area contributed by atoms with Gasteiger partial charge in [0, 0.05) is 18.6 Å². The average molecular weight is 477 g/mol. The van der Waals surface area contributed by atoms with Crippen LogP contribution >= 0.6 is 0 Å².